The van der Waals surface area contributed by atoms with Gasteiger partial charge >= 0.3 is 52.4 Å². The molecular weight excluding hydrogens is 480 g/mol. The Hall–Kier alpha value is -1.87. The molecule has 2 aromatic carbocycles. The van der Waals surface area contributed by atoms with Crippen molar-refractivity contribution >= 4 is 23.1 Å². The Morgan fingerprint density at radius 3 is 1.11 bits per heavy atom. The second kappa shape index (κ2) is 16.3. The van der Waals surface area contributed by atoms with Crippen LogP contribution in [-0.4, -0.2) is 28.6 Å². The third-order valence-corrected chi connectivity index (χ3v) is 2.79. The van der Waals surface area contributed by atoms with Gasteiger partial charge in [-0.15, -0.1) is 0 Å². The molecule has 0 amide bonds. The molecule has 5 N–H and O–H groups in total. The second-order valence-corrected chi connectivity index (χ2v) is 4.97. The summed E-state index contributed by atoms with van der Waals surface area (Å²) in [6, 6.07) is 17.4. The van der Waals surface area contributed by atoms with Gasteiger partial charge in [-0.05, 0) is 24.3 Å². The molecule has 0 aliphatic rings. The first kappa shape index (κ1) is 29.9. The summed E-state index contributed by atoms with van der Waals surface area (Å²) in [5, 5.41) is 0. The molecule has 0 fully saturated rings. The minimum Gasteiger partial charge on any atom is -0.457 e. The van der Waals surface area contributed by atoms with Gasteiger partial charge in [0.05, 0.1) is 0 Å². The minimum atomic E-state index is -0.233. The van der Waals surface area contributed by atoms with Crippen LogP contribution in [0, 0.1) is 53.7 Å². The number of rotatable bonds is 6. The van der Waals surface area contributed by atoms with E-state index in [1.165, 1.54) is 13.8 Å². The molecule has 0 heterocycles. The summed E-state index contributed by atoms with van der Waals surface area (Å²) in [7, 11) is 0. The Morgan fingerprint density at radius 2 is 0.889 bits per heavy atom. The van der Waals surface area contributed by atoms with E-state index in [0.29, 0.717) is 11.1 Å². The first-order valence-electron chi connectivity index (χ1n) is 7.29. The summed E-state index contributed by atoms with van der Waals surface area (Å²) < 4.78 is 0. The zero-order valence-electron chi connectivity index (χ0n) is 15.1. The molecule has 0 saturated heterocycles. The van der Waals surface area contributed by atoms with E-state index in [2.05, 4.69) is 0 Å². The number of carbonyl (C=O) groups excluding carboxylic acids is 4. The maximum Gasteiger partial charge on any atom is 3.00 e. The molecule has 0 spiro atoms. The quantitative estimate of drug-likeness (QED) is 0.256. The molecule has 7 heteroatoms. The van der Waals surface area contributed by atoms with Gasteiger partial charge in [0.25, 0.3) is 0 Å². The van der Waals surface area contributed by atoms with Crippen molar-refractivity contribution in [1.82, 2.24) is 0 Å². The number of carbonyl (C=O) groups is 4. The van der Waals surface area contributed by atoms with E-state index in [-0.39, 0.29) is 74.9 Å². The molecule has 0 bridgehead atoms. The van der Waals surface area contributed by atoms with Crippen LogP contribution in [0.5, 0.6) is 0 Å². The molecule has 0 aliphatic carbocycles. The second-order valence-electron chi connectivity index (χ2n) is 4.97. The van der Waals surface area contributed by atoms with E-state index in [9.17, 15) is 19.2 Å². The van der Waals surface area contributed by atoms with Crippen LogP contribution in [0.15, 0.2) is 60.7 Å². The molecule has 6 nitrogen and oxygen atoms in total. The standard InChI is InChI=1S/2C10H9O2.Nd.2H2O/c2*1-8(11)7-10(12)9-5-3-2-4-6-9;;;/h2*2-7H,1H3;;2*1H2/q2*+1;+3;;/p+1. The Morgan fingerprint density at radius 1 is 0.630 bits per heavy atom. The van der Waals surface area contributed by atoms with Gasteiger partial charge in [-0.2, -0.15) is 0 Å². The smallest absolute Gasteiger partial charge is 0.457 e. The summed E-state index contributed by atoms with van der Waals surface area (Å²) in [6.07, 6.45) is 2.19. The maximum absolute atomic E-state index is 11.2. The molecular formula is C20H23NdO6+6. The van der Waals surface area contributed by atoms with E-state index in [1.807, 2.05) is 12.1 Å². The van der Waals surface area contributed by atoms with Crippen LogP contribution >= 0.6 is 0 Å². The molecule has 0 atom stereocenters. The van der Waals surface area contributed by atoms with E-state index in [1.54, 1.807) is 48.5 Å². The fourth-order valence-electron chi connectivity index (χ4n) is 1.74. The van der Waals surface area contributed by atoms with Crippen LogP contribution in [0.2, 0.25) is 0 Å². The van der Waals surface area contributed by atoms with Gasteiger partial charge in [0.15, 0.2) is 24.0 Å². The first-order chi connectivity index (χ1) is 11.4. The average molecular weight is 504 g/mol. The van der Waals surface area contributed by atoms with Gasteiger partial charge in [0.1, 0.15) is 0 Å². The molecule has 2 aromatic rings. The number of benzene rings is 2. The van der Waals surface area contributed by atoms with Crippen molar-refractivity contribution in [3.8, 4) is 0 Å². The van der Waals surface area contributed by atoms with Crippen LogP contribution in [0.4, 0.5) is 0 Å². The van der Waals surface area contributed by atoms with Crippen molar-refractivity contribution in [2.24, 2.45) is 0 Å². The van der Waals surface area contributed by atoms with Crippen LogP contribution in [0.25, 0.3) is 0 Å². The summed E-state index contributed by atoms with van der Waals surface area (Å²) in [5.41, 5.74) is 1.10. The monoisotopic (exact) mass is 501 g/mol. The normalized spacial score (nSPS) is 8.07. The molecule has 0 unspecified atom stereocenters. The average Bonchev–Trinajstić information content (AvgIpc) is 2.56. The van der Waals surface area contributed by atoms with Gasteiger partial charge < -0.3 is 11.0 Å². The third-order valence-electron chi connectivity index (χ3n) is 2.79. The zero-order chi connectivity index (χ0) is 17.9. The van der Waals surface area contributed by atoms with Crippen molar-refractivity contribution in [3.05, 3.63) is 84.6 Å². The number of hydrogen-bond acceptors (Lipinski definition) is 4. The van der Waals surface area contributed by atoms with Crippen molar-refractivity contribution in [1.29, 1.82) is 0 Å². The zero-order valence-corrected chi connectivity index (χ0v) is 18.3. The van der Waals surface area contributed by atoms with Crippen molar-refractivity contribution in [2.45, 2.75) is 13.8 Å². The summed E-state index contributed by atoms with van der Waals surface area (Å²) in [4.78, 5) is 43.5. The third kappa shape index (κ3) is 13.0. The Kier molecular flexibility index (Phi) is 18.1. The maximum atomic E-state index is 11.2. The van der Waals surface area contributed by atoms with Crippen molar-refractivity contribution in [2.75, 3.05) is 0 Å². The van der Waals surface area contributed by atoms with Gasteiger partial charge in [0, 0.05) is 38.1 Å². The Bertz CT molecular complexity index is 650. The molecule has 2 rings (SSSR count). The topological polar surface area (TPSA) is 133 Å². The van der Waals surface area contributed by atoms with Gasteiger partial charge in [-0.1, -0.05) is 12.1 Å². The van der Waals surface area contributed by atoms with Crippen molar-refractivity contribution < 1.29 is 71.0 Å². The Balaban J connectivity index is -0.000000384. The van der Waals surface area contributed by atoms with Crippen LogP contribution in [0.1, 0.15) is 34.6 Å². The SMILES string of the molecule is CC(=O)[CH+]C(=O)c1ccccc1.CC(=O)[CH+]C(=O)c1ccccc1.O.[Nd+3].[OH3+]. The predicted octanol–water partition coefficient (Wildman–Crippen LogP) is 1.58. The molecule has 0 aromatic heterocycles. The number of ketones is 4. The molecule has 137 valence electrons. The fourth-order valence-corrected chi connectivity index (χ4v) is 1.74. The van der Waals surface area contributed by atoms with E-state index in [0.717, 1.165) is 12.8 Å². The molecule has 0 aliphatic heterocycles. The van der Waals surface area contributed by atoms with Gasteiger partial charge in [0.2, 0.25) is 11.6 Å². The van der Waals surface area contributed by atoms with E-state index < -0.39 is 0 Å². The molecule has 0 saturated carbocycles. The van der Waals surface area contributed by atoms with Gasteiger partial charge in [-0.3, -0.25) is 9.59 Å². The predicted molar refractivity (Wildman–Crippen MR) is 100.0 cm³/mol. The van der Waals surface area contributed by atoms with Crippen LogP contribution < -0.4 is 0 Å². The largest absolute Gasteiger partial charge is 3.00 e. The van der Waals surface area contributed by atoms with Crippen molar-refractivity contribution in [3.63, 3.8) is 0 Å². The Labute approximate surface area is 191 Å². The minimum absolute atomic E-state index is 0. The van der Waals surface area contributed by atoms with Crippen LogP contribution in [-0.2, 0) is 15.1 Å². The van der Waals surface area contributed by atoms with Gasteiger partial charge in [-0.25, -0.2) is 9.59 Å². The number of Topliss-reactive ketones (excluding diaryl/α,β-unsaturated/α-hetero) is 4. The fraction of sp³-hybridized carbons (Fsp3) is 0.100. The van der Waals surface area contributed by atoms with E-state index in [4.69, 9.17) is 0 Å². The first-order valence-corrected chi connectivity index (χ1v) is 7.29. The summed E-state index contributed by atoms with van der Waals surface area (Å²) in [6.45, 7) is 2.72. The van der Waals surface area contributed by atoms with Crippen LogP contribution in [0.3, 0.4) is 0 Å². The molecule has 1 radical (unpaired) electrons. The molecule has 27 heavy (non-hydrogen) atoms. The van der Waals surface area contributed by atoms with E-state index >= 15 is 0 Å². The summed E-state index contributed by atoms with van der Waals surface area (Å²) >= 11 is 0. The summed E-state index contributed by atoms with van der Waals surface area (Å²) in [5.74, 6) is -0.904. The number of hydrogen-bond donors (Lipinski definition) is 0.